The Kier molecular flexibility index (Phi) is 6.82. The fourth-order valence-electron chi connectivity index (χ4n) is 1.98. The molecule has 1 amide bonds. The highest BCUT2D eigenvalue weighted by molar-refractivity contribution is 8.01. The summed E-state index contributed by atoms with van der Waals surface area (Å²) < 4.78 is 5.83. The Morgan fingerprint density at radius 2 is 2.14 bits per heavy atom. The minimum atomic E-state index is -0.172. The number of ether oxygens (including phenoxy) is 1. The van der Waals surface area contributed by atoms with E-state index in [0.717, 1.165) is 22.1 Å². The lowest BCUT2D eigenvalue weighted by Gasteiger charge is -2.13. The van der Waals surface area contributed by atoms with Gasteiger partial charge in [0, 0.05) is 12.9 Å². The fourth-order valence-corrected chi connectivity index (χ4v) is 3.71. The summed E-state index contributed by atoms with van der Waals surface area (Å²) in [5.74, 6) is 0.605. The number of aromatic nitrogens is 2. The normalized spacial score (nSPS) is 12.1. The first-order chi connectivity index (χ1) is 10.7. The zero-order chi connectivity index (χ0) is 15.8. The van der Waals surface area contributed by atoms with E-state index in [1.54, 1.807) is 18.9 Å². The van der Waals surface area contributed by atoms with Gasteiger partial charge in [-0.25, -0.2) is 0 Å². The smallest absolute Gasteiger partial charge is 0.233 e. The van der Waals surface area contributed by atoms with E-state index in [9.17, 15) is 4.79 Å². The minimum absolute atomic E-state index is 0.0432. The molecule has 0 fully saturated rings. The minimum Gasteiger partial charge on any atom is -0.384 e. The van der Waals surface area contributed by atoms with E-state index in [0.29, 0.717) is 11.7 Å². The second-order valence-corrected chi connectivity index (χ2v) is 6.89. The van der Waals surface area contributed by atoms with Gasteiger partial charge in [0.2, 0.25) is 11.0 Å². The number of hydrogen-bond donors (Lipinski definition) is 1. The average Bonchev–Trinajstić information content (AvgIpc) is 2.97. The molecular formula is C15H19N3O2S2. The van der Waals surface area contributed by atoms with Crippen molar-refractivity contribution in [3.8, 4) is 0 Å². The second kappa shape index (κ2) is 8.87. The Hall–Kier alpha value is -1.44. The van der Waals surface area contributed by atoms with Crippen LogP contribution in [0, 0.1) is 0 Å². The zero-order valence-corrected chi connectivity index (χ0v) is 14.2. The summed E-state index contributed by atoms with van der Waals surface area (Å²) in [6.07, 6.45) is 0.740. The van der Waals surface area contributed by atoms with Gasteiger partial charge in [0.15, 0.2) is 4.34 Å². The van der Waals surface area contributed by atoms with Gasteiger partial charge in [-0.3, -0.25) is 10.1 Å². The first-order valence-electron chi connectivity index (χ1n) is 7.05. The largest absolute Gasteiger partial charge is 0.384 e. The van der Waals surface area contributed by atoms with E-state index in [2.05, 4.69) is 15.5 Å². The number of carbonyl (C=O) groups excluding carboxylic acids is 1. The predicted octanol–water partition coefficient (Wildman–Crippen LogP) is 3.41. The van der Waals surface area contributed by atoms with Gasteiger partial charge >= 0.3 is 0 Å². The van der Waals surface area contributed by atoms with E-state index < -0.39 is 0 Å². The van der Waals surface area contributed by atoms with Crippen molar-refractivity contribution in [3.63, 3.8) is 0 Å². The number of amides is 1. The number of methoxy groups -OCH3 is 1. The molecule has 2 rings (SSSR count). The molecule has 0 aliphatic heterocycles. The van der Waals surface area contributed by atoms with Crippen LogP contribution in [0.1, 0.15) is 24.8 Å². The average molecular weight is 337 g/mol. The molecule has 0 aliphatic rings. The summed E-state index contributed by atoms with van der Waals surface area (Å²) in [6, 6.07) is 9.78. The molecule has 0 saturated carbocycles. The molecule has 1 aromatic heterocycles. The molecule has 1 atom stereocenters. The lowest BCUT2D eigenvalue weighted by Crippen LogP contribution is -2.20. The Morgan fingerprint density at radius 3 is 2.82 bits per heavy atom. The Labute approximate surface area is 138 Å². The summed E-state index contributed by atoms with van der Waals surface area (Å²) in [5, 5.41) is 11.5. The van der Waals surface area contributed by atoms with Crippen LogP contribution in [0.15, 0.2) is 34.7 Å². The van der Waals surface area contributed by atoms with Crippen LogP contribution in [-0.2, 0) is 9.53 Å². The number of benzene rings is 1. The van der Waals surface area contributed by atoms with Crippen molar-refractivity contribution in [1.29, 1.82) is 0 Å². The lowest BCUT2D eigenvalue weighted by molar-refractivity contribution is -0.117. The molecular weight excluding hydrogens is 318 g/mol. The standard InChI is InChI=1S/C15H19N3O2S2/c1-3-12(11-7-5-4-6-8-11)13(19)16-14-17-18-15(22-14)21-10-9-20-2/h4-8,12H,3,9-10H2,1-2H3,(H,16,17,19). The molecule has 2 aromatic rings. The first-order valence-corrected chi connectivity index (χ1v) is 8.85. The van der Waals surface area contributed by atoms with Crippen molar-refractivity contribution >= 4 is 34.1 Å². The number of anilines is 1. The number of nitrogens with zero attached hydrogens (tertiary/aromatic N) is 2. The highest BCUT2D eigenvalue weighted by Gasteiger charge is 2.19. The molecule has 7 heteroatoms. The predicted molar refractivity (Wildman–Crippen MR) is 90.6 cm³/mol. The van der Waals surface area contributed by atoms with E-state index in [1.807, 2.05) is 37.3 Å². The summed E-state index contributed by atoms with van der Waals surface area (Å²) in [6.45, 7) is 2.67. The quantitative estimate of drug-likeness (QED) is 0.454. The summed E-state index contributed by atoms with van der Waals surface area (Å²) >= 11 is 2.96. The molecule has 0 spiro atoms. The SMILES string of the molecule is CCC(C(=O)Nc1nnc(SCCOC)s1)c1ccccc1. The van der Waals surface area contributed by atoms with Gasteiger partial charge in [0.05, 0.1) is 12.5 Å². The number of hydrogen-bond acceptors (Lipinski definition) is 6. The van der Waals surface area contributed by atoms with Crippen LogP contribution in [0.5, 0.6) is 0 Å². The van der Waals surface area contributed by atoms with Crippen LogP contribution in [0.3, 0.4) is 0 Å². The third-order valence-corrected chi connectivity index (χ3v) is 5.01. The third-order valence-electron chi connectivity index (χ3n) is 3.08. The monoisotopic (exact) mass is 337 g/mol. The van der Waals surface area contributed by atoms with E-state index in [-0.39, 0.29) is 11.8 Å². The number of nitrogens with one attached hydrogen (secondary N) is 1. The summed E-state index contributed by atoms with van der Waals surface area (Å²) in [4.78, 5) is 12.4. The number of thioether (sulfide) groups is 1. The molecule has 5 nitrogen and oxygen atoms in total. The summed E-state index contributed by atoms with van der Waals surface area (Å²) in [7, 11) is 1.67. The Balaban J connectivity index is 1.96. The van der Waals surface area contributed by atoms with Gasteiger partial charge in [-0.15, -0.1) is 10.2 Å². The third kappa shape index (κ3) is 4.79. The molecule has 1 N–H and O–H groups in total. The van der Waals surface area contributed by atoms with Crippen molar-refractivity contribution < 1.29 is 9.53 Å². The zero-order valence-electron chi connectivity index (χ0n) is 12.6. The molecule has 118 valence electrons. The maximum absolute atomic E-state index is 12.4. The van der Waals surface area contributed by atoms with E-state index in [1.165, 1.54) is 11.3 Å². The van der Waals surface area contributed by atoms with Crippen molar-refractivity contribution in [2.75, 3.05) is 24.8 Å². The molecule has 0 bridgehead atoms. The Bertz CT molecular complexity index is 589. The molecule has 1 heterocycles. The lowest BCUT2D eigenvalue weighted by atomic mass is 9.96. The fraction of sp³-hybridized carbons (Fsp3) is 0.400. The van der Waals surface area contributed by atoms with Crippen molar-refractivity contribution in [3.05, 3.63) is 35.9 Å². The van der Waals surface area contributed by atoms with Crippen LogP contribution in [0.4, 0.5) is 5.13 Å². The molecule has 1 aromatic carbocycles. The first kappa shape index (κ1) is 16.9. The second-order valence-electron chi connectivity index (χ2n) is 4.58. The highest BCUT2D eigenvalue weighted by Crippen LogP contribution is 2.27. The van der Waals surface area contributed by atoms with Gasteiger partial charge in [0.25, 0.3) is 0 Å². The van der Waals surface area contributed by atoms with Gasteiger partial charge in [0.1, 0.15) is 0 Å². The van der Waals surface area contributed by atoms with Gasteiger partial charge < -0.3 is 4.74 Å². The number of rotatable bonds is 8. The van der Waals surface area contributed by atoms with Crippen LogP contribution in [-0.4, -0.2) is 35.6 Å². The highest BCUT2D eigenvalue weighted by atomic mass is 32.2. The molecule has 1 unspecified atom stereocenters. The van der Waals surface area contributed by atoms with Crippen LogP contribution < -0.4 is 5.32 Å². The topological polar surface area (TPSA) is 64.1 Å². The maximum Gasteiger partial charge on any atom is 0.233 e. The van der Waals surface area contributed by atoms with Gasteiger partial charge in [-0.2, -0.15) is 0 Å². The van der Waals surface area contributed by atoms with Crippen LogP contribution in [0.2, 0.25) is 0 Å². The van der Waals surface area contributed by atoms with Crippen molar-refractivity contribution in [1.82, 2.24) is 10.2 Å². The van der Waals surface area contributed by atoms with E-state index >= 15 is 0 Å². The molecule has 0 radical (unpaired) electrons. The molecule has 0 aliphatic carbocycles. The Morgan fingerprint density at radius 1 is 1.36 bits per heavy atom. The van der Waals surface area contributed by atoms with Gasteiger partial charge in [-0.05, 0) is 12.0 Å². The van der Waals surface area contributed by atoms with Crippen molar-refractivity contribution in [2.45, 2.75) is 23.6 Å². The number of carbonyl (C=O) groups is 1. The van der Waals surface area contributed by atoms with E-state index in [4.69, 9.17) is 4.74 Å². The summed E-state index contributed by atoms with van der Waals surface area (Å²) in [5.41, 5.74) is 1.02. The van der Waals surface area contributed by atoms with Crippen LogP contribution >= 0.6 is 23.1 Å². The molecule has 0 saturated heterocycles. The van der Waals surface area contributed by atoms with Crippen LogP contribution in [0.25, 0.3) is 0 Å². The van der Waals surface area contributed by atoms with Gasteiger partial charge in [-0.1, -0.05) is 60.4 Å². The molecule has 22 heavy (non-hydrogen) atoms. The van der Waals surface area contributed by atoms with Crippen molar-refractivity contribution in [2.24, 2.45) is 0 Å². The maximum atomic E-state index is 12.4.